The molecule has 1 fully saturated rings. The molecule has 1 aliphatic heterocycles. The Balaban J connectivity index is 0.00000264. The minimum atomic E-state index is -0.144. The van der Waals surface area contributed by atoms with E-state index in [0.29, 0.717) is 31.1 Å². The van der Waals surface area contributed by atoms with Crippen molar-refractivity contribution in [1.29, 1.82) is 0 Å². The normalized spacial score (nSPS) is 14.5. The van der Waals surface area contributed by atoms with Crippen LogP contribution in [-0.2, 0) is 9.59 Å². The van der Waals surface area contributed by atoms with Gasteiger partial charge in [-0.1, -0.05) is 5.16 Å². The van der Waals surface area contributed by atoms with Gasteiger partial charge in [-0.05, 0) is 14.0 Å². The molecule has 0 radical (unpaired) electrons. The lowest BCUT2D eigenvalue weighted by Gasteiger charge is -2.29. The quantitative estimate of drug-likeness (QED) is 0.759. The monoisotopic (exact) mass is 345 g/mol. The Bertz CT molecular complexity index is 516. The van der Waals surface area contributed by atoms with Crippen LogP contribution in [0.25, 0.3) is 0 Å². The Morgan fingerprint density at radius 2 is 2.13 bits per heavy atom. The highest BCUT2D eigenvalue weighted by molar-refractivity contribution is 5.89. The largest absolute Gasteiger partial charge is 0.360 e. The summed E-state index contributed by atoms with van der Waals surface area (Å²) in [6.45, 7) is 5.79. The summed E-state index contributed by atoms with van der Waals surface area (Å²) in [5.74, 6) is 1.03. The fourth-order valence-electron chi connectivity index (χ4n) is 2.25. The number of hydrogen-bond donors (Lipinski definition) is 2. The van der Waals surface area contributed by atoms with Crippen molar-refractivity contribution in [3.63, 3.8) is 0 Å². The number of hydrogen-bond acceptors (Lipinski definition) is 6. The maximum absolute atomic E-state index is 12.1. The maximum Gasteiger partial charge on any atom is 0.236 e. The second-order valence-corrected chi connectivity index (χ2v) is 5.49. The molecule has 1 saturated heterocycles. The van der Waals surface area contributed by atoms with Crippen molar-refractivity contribution in [2.45, 2.75) is 13.3 Å². The van der Waals surface area contributed by atoms with Gasteiger partial charge in [0.25, 0.3) is 0 Å². The van der Waals surface area contributed by atoms with E-state index in [1.54, 1.807) is 13.0 Å². The number of carbonyl (C=O) groups is 2. The van der Waals surface area contributed by atoms with Gasteiger partial charge in [0.1, 0.15) is 5.76 Å². The van der Waals surface area contributed by atoms with E-state index in [9.17, 15) is 9.59 Å². The van der Waals surface area contributed by atoms with Crippen molar-refractivity contribution in [2.24, 2.45) is 0 Å². The number of halogens is 1. The van der Waals surface area contributed by atoms with Crippen molar-refractivity contribution in [3.05, 3.63) is 11.8 Å². The van der Waals surface area contributed by atoms with Gasteiger partial charge in [-0.2, -0.15) is 0 Å². The highest BCUT2D eigenvalue weighted by atomic mass is 35.5. The molecule has 2 N–H and O–H groups in total. The topological polar surface area (TPSA) is 90.7 Å². The molecule has 0 atom stereocenters. The first-order valence-corrected chi connectivity index (χ1v) is 7.45. The van der Waals surface area contributed by atoms with Crippen molar-refractivity contribution in [2.75, 3.05) is 51.6 Å². The summed E-state index contributed by atoms with van der Waals surface area (Å²) in [6.07, 6.45) is 0.303. The third-order valence-electron chi connectivity index (χ3n) is 3.49. The van der Waals surface area contributed by atoms with Gasteiger partial charge < -0.3 is 20.1 Å². The molecule has 0 unspecified atom stereocenters. The van der Waals surface area contributed by atoms with Crippen LogP contribution >= 0.6 is 12.4 Å². The van der Waals surface area contributed by atoms with Gasteiger partial charge in [0.15, 0.2) is 5.82 Å². The average molecular weight is 346 g/mol. The number of anilines is 1. The van der Waals surface area contributed by atoms with Crippen LogP contribution in [-0.4, -0.2) is 73.1 Å². The molecule has 0 spiro atoms. The molecule has 8 nitrogen and oxygen atoms in total. The molecule has 2 rings (SSSR count). The van der Waals surface area contributed by atoms with E-state index >= 15 is 0 Å². The smallest absolute Gasteiger partial charge is 0.236 e. The molecule has 1 aromatic rings. The standard InChI is InChI=1S/C14H23N5O3.ClH/c1-11-9-12(17-22-11)16-13(20)3-6-18(2)10-14(21)19-7-4-15-5-8-19;/h9,15H,3-8,10H2,1-2H3,(H,16,17,20);1H. The van der Waals surface area contributed by atoms with Crippen LogP contribution in [0.4, 0.5) is 5.82 Å². The zero-order chi connectivity index (χ0) is 15.9. The lowest BCUT2D eigenvalue weighted by molar-refractivity contribution is -0.133. The Kier molecular flexibility index (Phi) is 8.01. The fraction of sp³-hybridized carbons (Fsp3) is 0.643. The van der Waals surface area contributed by atoms with Crippen molar-refractivity contribution in [3.8, 4) is 0 Å². The molecule has 0 saturated carbocycles. The lowest BCUT2D eigenvalue weighted by Crippen LogP contribution is -2.49. The molecular formula is C14H24ClN5O3. The van der Waals surface area contributed by atoms with Crippen molar-refractivity contribution >= 4 is 30.0 Å². The van der Waals surface area contributed by atoms with E-state index in [1.165, 1.54) is 0 Å². The van der Waals surface area contributed by atoms with Gasteiger partial charge in [0.2, 0.25) is 11.8 Å². The number of aromatic nitrogens is 1. The summed E-state index contributed by atoms with van der Waals surface area (Å²) in [5.41, 5.74) is 0. The second-order valence-electron chi connectivity index (χ2n) is 5.49. The van der Waals surface area contributed by atoms with Crippen molar-refractivity contribution < 1.29 is 14.1 Å². The zero-order valence-corrected chi connectivity index (χ0v) is 14.3. The number of amides is 2. The van der Waals surface area contributed by atoms with Crippen molar-refractivity contribution in [1.82, 2.24) is 20.3 Å². The Morgan fingerprint density at radius 3 is 2.74 bits per heavy atom. The molecule has 2 heterocycles. The number of nitrogens with one attached hydrogen (secondary N) is 2. The molecule has 1 aliphatic rings. The molecule has 9 heteroatoms. The highest BCUT2D eigenvalue weighted by Gasteiger charge is 2.18. The fourth-order valence-corrected chi connectivity index (χ4v) is 2.25. The van der Waals surface area contributed by atoms with E-state index in [2.05, 4.69) is 15.8 Å². The van der Waals surface area contributed by atoms with Crippen LogP contribution in [0.15, 0.2) is 10.6 Å². The van der Waals surface area contributed by atoms with Crippen LogP contribution in [0.3, 0.4) is 0 Å². The molecular weight excluding hydrogens is 322 g/mol. The third-order valence-corrected chi connectivity index (χ3v) is 3.49. The summed E-state index contributed by atoms with van der Waals surface area (Å²) in [5, 5.41) is 9.58. The van der Waals surface area contributed by atoms with E-state index in [1.807, 2.05) is 16.8 Å². The molecule has 23 heavy (non-hydrogen) atoms. The van der Waals surface area contributed by atoms with E-state index in [-0.39, 0.29) is 24.2 Å². The number of rotatable bonds is 6. The first kappa shape index (κ1) is 19.4. The number of carbonyl (C=O) groups excluding carboxylic acids is 2. The molecule has 0 aliphatic carbocycles. The Morgan fingerprint density at radius 1 is 1.43 bits per heavy atom. The van der Waals surface area contributed by atoms with E-state index < -0.39 is 0 Å². The minimum Gasteiger partial charge on any atom is -0.360 e. The lowest BCUT2D eigenvalue weighted by atomic mass is 10.3. The Hall–Kier alpha value is -1.64. The van der Waals surface area contributed by atoms with Crippen LogP contribution in [0.1, 0.15) is 12.2 Å². The van der Waals surface area contributed by atoms with Gasteiger partial charge >= 0.3 is 0 Å². The molecule has 0 aromatic carbocycles. The number of aryl methyl sites for hydroxylation is 1. The summed E-state index contributed by atoms with van der Waals surface area (Å²) in [6, 6.07) is 1.66. The predicted octanol–water partition coefficient (Wildman–Crippen LogP) is 0.0970. The van der Waals surface area contributed by atoms with Crippen LogP contribution < -0.4 is 10.6 Å². The molecule has 2 amide bonds. The third kappa shape index (κ3) is 6.55. The summed E-state index contributed by atoms with van der Waals surface area (Å²) in [4.78, 5) is 27.6. The van der Waals surface area contributed by atoms with Gasteiger partial charge in [0, 0.05) is 45.2 Å². The predicted molar refractivity (Wildman–Crippen MR) is 88.7 cm³/mol. The average Bonchev–Trinajstić information content (AvgIpc) is 2.91. The molecule has 0 bridgehead atoms. The van der Waals surface area contributed by atoms with Gasteiger partial charge in [0.05, 0.1) is 6.54 Å². The molecule has 130 valence electrons. The minimum absolute atomic E-state index is 0. The van der Waals surface area contributed by atoms with Gasteiger partial charge in [-0.3, -0.25) is 14.5 Å². The number of nitrogens with zero attached hydrogens (tertiary/aromatic N) is 3. The summed E-state index contributed by atoms with van der Waals surface area (Å²) in [7, 11) is 1.84. The first-order valence-electron chi connectivity index (χ1n) is 7.45. The summed E-state index contributed by atoms with van der Waals surface area (Å²) < 4.78 is 4.88. The maximum atomic E-state index is 12.1. The Labute approximate surface area is 142 Å². The summed E-state index contributed by atoms with van der Waals surface area (Å²) >= 11 is 0. The van der Waals surface area contributed by atoms with Crippen LogP contribution in [0, 0.1) is 6.92 Å². The van der Waals surface area contributed by atoms with Crippen LogP contribution in [0.5, 0.6) is 0 Å². The van der Waals surface area contributed by atoms with Crippen LogP contribution in [0.2, 0.25) is 0 Å². The number of piperazine rings is 1. The number of likely N-dealkylation sites (N-methyl/N-ethyl adjacent to an activating group) is 1. The van der Waals surface area contributed by atoms with Gasteiger partial charge in [-0.15, -0.1) is 12.4 Å². The molecule has 1 aromatic heterocycles. The first-order chi connectivity index (χ1) is 10.5. The van der Waals surface area contributed by atoms with Gasteiger partial charge in [-0.25, -0.2) is 0 Å². The van der Waals surface area contributed by atoms with E-state index in [0.717, 1.165) is 26.2 Å². The SMILES string of the molecule is Cc1cc(NC(=O)CCN(C)CC(=O)N2CCNCC2)no1.Cl. The highest BCUT2D eigenvalue weighted by Crippen LogP contribution is 2.07. The second kappa shape index (κ2) is 9.49. The zero-order valence-electron chi connectivity index (χ0n) is 13.5. The van der Waals surface area contributed by atoms with E-state index in [4.69, 9.17) is 4.52 Å².